The number of carbonyl (C=O) groups excluding carboxylic acids is 1. The molecule has 0 bridgehead atoms. The summed E-state index contributed by atoms with van der Waals surface area (Å²) in [7, 11) is 0. The molecule has 3 N–H and O–H groups in total. The number of nitrogens with zero attached hydrogens (tertiary/aromatic N) is 1. The SMILES string of the molecule is NC(=O)c1cc(C(F)(F)F)cc(Cl)c1N1CCNCC1. The topological polar surface area (TPSA) is 58.4 Å². The highest BCUT2D eigenvalue weighted by atomic mass is 35.5. The van der Waals surface area contributed by atoms with Crippen molar-refractivity contribution in [3.05, 3.63) is 28.3 Å². The molecular formula is C12H13ClF3N3O. The second-order valence-electron chi connectivity index (χ2n) is 4.45. The van der Waals surface area contributed by atoms with Crippen LogP contribution in [0.25, 0.3) is 0 Å². The van der Waals surface area contributed by atoms with Gasteiger partial charge in [-0.2, -0.15) is 13.2 Å². The fraction of sp³-hybridized carbons (Fsp3) is 0.417. The summed E-state index contributed by atoms with van der Waals surface area (Å²) >= 11 is 5.95. The molecule has 0 atom stereocenters. The summed E-state index contributed by atoms with van der Waals surface area (Å²) in [6.07, 6.45) is -4.57. The number of carbonyl (C=O) groups is 1. The maximum Gasteiger partial charge on any atom is 0.416 e. The molecular weight excluding hydrogens is 295 g/mol. The molecule has 4 nitrogen and oxygen atoms in total. The maximum absolute atomic E-state index is 12.8. The van der Waals surface area contributed by atoms with Crippen molar-refractivity contribution in [3.63, 3.8) is 0 Å². The summed E-state index contributed by atoms with van der Waals surface area (Å²) in [5.74, 6) is -0.925. The molecule has 2 rings (SSSR count). The number of nitrogens with two attached hydrogens (primary N) is 1. The number of amides is 1. The Morgan fingerprint density at radius 2 is 1.90 bits per heavy atom. The molecule has 1 heterocycles. The second-order valence-corrected chi connectivity index (χ2v) is 4.86. The zero-order valence-corrected chi connectivity index (χ0v) is 11.2. The van der Waals surface area contributed by atoms with Crippen LogP contribution in [-0.4, -0.2) is 32.1 Å². The molecule has 1 aromatic carbocycles. The van der Waals surface area contributed by atoms with E-state index in [9.17, 15) is 18.0 Å². The summed E-state index contributed by atoms with van der Waals surface area (Å²) in [6, 6.07) is 1.58. The number of rotatable bonds is 2. The molecule has 8 heteroatoms. The minimum atomic E-state index is -4.57. The lowest BCUT2D eigenvalue weighted by Crippen LogP contribution is -2.44. The van der Waals surface area contributed by atoms with Gasteiger partial charge >= 0.3 is 6.18 Å². The minimum absolute atomic E-state index is 0.115. The average Bonchev–Trinajstić information content (AvgIpc) is 2.37. The molecule has 0 saturated carbocycles. The zero-order chi connectivity index (χ0) is 14.9. The van der Waals surface area contributed by atoms with Crippen LogP contribution in [0.3, 0.4) is 0 Å². The van der Waals surface area contributed by atoms with Gasteiger partial charge in [-0.1, -0.05) is 11.6 Å². The van der Waals surface area contributed by atoms with Gasteiger partial charge in [0, 0.05) is 26.2 Å². The molecule has 1 aliphatic heterocycles. The quantitative estimate of drug-likeness (QED) is 0.877. The lowest BCUT2D eigenvalue weighted by atomic mass is 10.1. The van der Waals surface area contributed by atoms with Crippen molar-refractivity contribution in [2.45, 2.75) is 6.18 Å². The van der Waals surface area contributed by atoms with Crippen LogP contribution in [0, 0.1) is 0 Å². The Labute approximate surface area is 118 Å². The van der Waals surface area contributed by atoms with E-state index in [4.69, 9.17) is 17.3 Å². The molecule has 0 radical (unpaired) electrons. The number of alkyl halides is 3. The highest BCUT2D eigenvalue weighted by Gasteiger charge is 2.33. The predicted octanol–water partition coefficient (Wildman–Crippen LogP) is 1.87. The number of nitrogens with one attached hydrogen (secondary N) is 1. The molecule has 0 unspecified atom stereocenters. The Bertz CT molecular complexity index is 527. The van der Waals surface area contributed by atoms with Crippen molar-refractivity contribution in [3.8, 4) is 0 Å². The van der Waals surface area contributed by atoms with Gasteiger partial charge in [-0.25, -0.2) is 0 Å². The van der Waals surface area contributed by atoms with E-state index >= 15 is 0 Å². The van der Waals surface area contributed by atoms with Gasteiger partial charge in [0.25, 0.3) is 5.91 Å². The molecule has 20 heavy (non-hydrogen) atoms. The van der Waals surface area contributed by atoms with Gasteiger partial charge in [-0.3, -0.25) is 4.79 Å². The molecule has 1 aliphatic rings. The van der Waals surface area contributed by atoms with Gasteiger partial charge in [-0.05, 0) is 12.1 Å². The summed E-state index contributed by atoms with van der Waals surface area (Å²) < 4.78 is 38.3. The van der Waals surface area contributed by atoms with Crippen LogP contribution in [0.4, 0.5) is 18.9 Å². The maximum atomic E-state index is 12.8. The van der Waals surface area contributed by atoms with Crippen LogP contribution in [0.1, 0.15) is 15.9 Å². The van der Waals surface area contributed by atoms with Crippen molar-refractivity contribution in [1.82, 2.24) is 5.32 Å². The van der Waals surface area contributed by atoms with Crippen LogP contribution in [0.15, 0.2) is 12.1 Å². The molecule has 0 spiro atoms. The number of hydrogen-bond donors (Lipinski definition) is 2. The van der Waals surface area contributed by atoms with Gasteiger partial charge in [-0.15, -0.1) is 0 Å². The number of hydrogen-bond acceptors (Lipinski definition) is 3. The van der Waals surface area contributed by atoms with Crippen molar-refractivity contribution in [1.29, 1.82) is 0 Å². The number of primary amides is 1. The van der Waals surface area contributed by atoms with E-state index in [2.05, 4.69) is 5.32 Å². The highest BCUT2D eigenvalue weighted by Crippen LogP contribution is 2.38. The lowest BCUT2D eigenvalue weighted by molar-refractivity contribution is -0.137. The zero-order valence-electron chi connectivity index (χ0n) is 10.4. The fourth-order valence-corrected chi connectivity index (χ4v) is 2.50. The molecule has 1 amide bonds. The van der Waals surface area contributed by atoms with Crippen molar-refractivity contribution < 1.29 is 18.0 Å². The third-order valence-electron chi connectivity index (χ3n) is 3.09. The Morgan fingerprint density at radius 3 is 2.40 bits per heavy atom. The van der Waals surface area contributed by atoms with E-state index in [1.807, 2.05) is 0 Å². The van der Waals surface area contributed by atoms with E-state index in [0.29, 0.717) is 26.2 Å². The van der Waals surface area contributed by atoms with Gasteiger partial charge in [0.1, 0.15) is 0 Å². The van der Waals surface area contributed by atoms with Crippen LogP contribution in [-0.2, 0) is 6.18 Å². The number of halogens is 4. The van der Waals surface area contributed by atoms with Crippen molar-refractivity contribution >= 4 is 23.2 Å². The molecule has 110 valence electrons. The van der Waals surface area contributed by atoms with E-state index in [1.54, 1.807) is 4.90 Å². The molecule has 1 fully saturated rings. The minimum Gasteiger partial charge on any atom is -0.367 e. The largest absolute Gasteiger partial charge is 0.416 e. The first-order valence-corrected chi connectivity index (χ1v) is 6.34. The standard InChI is InChI=1S/C12H13ClF3N3O/c13-9-6-7(12(14,15)16)5-8(11(17)20)10(9)19-3-1-18-2-4-19/h5-6,18H,1-4H2,(H2,17,20). The molecule has 0 aromatic heterocycles. The van der Waals surface area contributed by atoms with Crippen LogP contribution >= 0.6 is 11.6 Å². The number of piperazine rings is 1. The number of benzene rings is 1. The second kappa shape index (κ2) is 5.49. The predicted molar refractivity (Wildman–Crippen MR) is 70.1 cm³/mol. The van der Waals surface area contributed by atoms with E-state index in [-0.39, 0.29) is 16.3 Å². The third kappa shape index (κ3) is 2.99. The Hall–Kier alpha value is -1.47. The van der Waals surface area contributed by atoms with Gasteiger partial charge in [0.15, 0.2) is 0 Å². The Kier molecular flexibility index (Phi) is 4.10. The van der Waals surface area contributed by atoms with Crippen molar-refractivity contribution in [2.24, 2.45) is 5.73 Å². The summed E-state index contributed by atoms with van der Waals surface area (Å²) in [4.78, 5) is 13.2. The van der Waals surface area contributed by atoms with Gasteiger partial charge in [0.2, 0.25) is 0 Å². The van der Waals surface area contributed by atoms with Crippen molar-refractivity contribution in [2.75, 3.05) is 31.1 Å². The monoisotopic (exact) mass is 307 g/mol. The van der Waals surface area contributed by atoms with E-state index < -0.39 is 17.6 Å². The summed E-state index contributed by atoms with van der Waals surface area (Å²) in [6.45, 7) is 2.42. The first-order valence-electron chi connectivity index (χ1n) is 5.97. The van der Waals surface area contributed by atoms with E-state index in [1.165, 1.54) is 0 Å². The van der Waals surface area contributed by atoms with Gasteiger partial charge in [0.05, 0.1) is 21.8 Å². The normalized spacial score (nSPS) is 16.3. The Balaban J connectivity index is 2.53. The third-order valence-corrected chi connectivity index (χ3v) is 3.38. The van der Waals surface area contributed by atoms with Crippen LogP contribution in [0.5, 0.6) is 0 Å². The summed E-state index contributed by atoms with van der Waals surface area (Å²) in [5, 5.41) is 2.99. The van der Waals surface area contributed by atoms with Crippen LogP contribution < -0.4 is 16.0 Å². The summed E-state index contributed by atoms with van der Waals surface area (Å²) in [5.41, 5.74) is 4.29. The first kappa shape index (κ1) is 14.9. The Morgan fingerprint density at radius 1 is 1.30 bits per heavy atom. The molecule has 1 aromatic rings. The van der Waals surface area contributed by atoms with Gasteiger partial charge < -0.3 is 16.0 Å². The average molecular weight is 308 g/mol. The fourth-order valence-electron chi connectivity index (χ4n) is 2.16. The highest BCUT2D eigenvalue weighted by molar-refractivity contribution is 6.34. The first-order chi connectivity index (χ1) is 9.30. The van der Waals surface area contributed by atoms with Crippen LogP contribution in [0.2, 0.25) is 5.02 Å². The molecule has 0 aliphatic carbocycles. The smallest absolute Gasteiger partial charge is 0.367 e. The number of anilines is 1. The molecule has 1 saturated heterocycles. The lowest BCUT2D eigenvalue weighted by Gasteiger charge is -2.31. The van der Waals surface area contributed by atoms with E-state index in [0.717, 1.165) is 12.1 Å².